The van der Waals surface area contributed by atoms with Crippen LogP contribution < -0.4 is 0 Å². The first-order chi connectivity index (χ1) is 3.79. The van der Waals surface area contributed by atoms with Crippen molar-refractivity contribution in [2.75, 3.05) is 6.61 Å². The first-order valence-corrected chi connectivity index (χ1v) is 2.94. The highest BCUT2D eigenvalue weighted by Gasteiger charge is 2.08. The zero-order chi connectivity index (χ0) is 5.98. The lowest BCUT2D eigenvalue weighted by molar-refractivity contribution is 0.100. The summed E-state index contributed by atoms with van der Waals surface area (Å²) in [7, 11) is 0. The summed E-state index contributed by atoms with van der Waals surface area (Å²) in [4.78, 5) is 4.88. The molecule has 0 N–H and O–H groups in total. The highest BCUT2D eigenvalue weighted by Crippen LogP contribution is 2.09. The third-order valence-electron chi connectivity index (χ3n) is 1.22. The van der Waals surface area contributed by atoms with Crippen molar-refractivity contribution >= 4 is 5.71 Å². The fourth-order valence-corrected chi connectivity index (χ4v) is 0.875. The number of nitrogens with zero attached hydrogens (tertiary/aromatic N) is 1. The molecule has 0 bridgehead atoms. The highest BCUT2D eigenvalue weighted by atomic mass is 16.6. The first-order valence-electron chi connectivity index (χ1n) is 2.94. The Kier molecular flexibility index (Phi) is 1.51. The predicted octanol–water partition coefficient (Wildman–Crippen LogP) is 1.42. The molecule has 46 valence electrons. The Morgan fingerprint density at radius 3 is 2.88 bits per heavy atom. The minimum absolute atomic E-state index is 0.660. The molecule has 0 amide bonds. The van der Waals surface area contributed by atoms with Crippen LogP contribution in [0.5, 0.6) is 0 Å². The molecule has 0 aliphatic carbocycles. The second-order valence-corrected chi connectivity index (χ2v) is 2.43. The average molecular weight is 113 g/mol. The van der Waals surface area contributed by atoms with E-state index in [4.69, 9.17) is 4.84 Å². The van der Waals surface area contributed by atoms with E-state index in [1.165, 1.54) is 0 Å². The van der Waals surface area contributed by atoms with E-state index in [2.05, 4.69) is 12.1 Å². The second kappa shape index (κ2) is 2.16. The van der Waals surface area contributed by atoms with E-state index in [-0.39, 0.29) is 0 Å². The fourth-order valence-electron chi connectivity index (χ4n) is 0.875. The summed E-state index contributed by atoms with van der Waals surface area (Å²) < 4.78 is 0. The lowest BCUT2D eigenvalue weighted by Crippen LogP contribution is -2.13. The van der Waals surface area contributed by atoms with Crippen molar-refractivity contribution in [1.29, 1.82) is 0 Å². The zero-order valence-electron chi connectivity index (χ0n) is 5.35. The Morgan fingerprint density at radius 2 is 2.50 bits per heavy atom. The van der Waals surface area contributed by atoms with Gasteiger partial charge in [0, 0.05) is 0 Å². The maximum absolute atomic E-state index is 4.88. The van der Waals surface area contributed by atoms with Crippen LogP contribution in [0, 0.1) is 5.92 Å². The van der Waals surface area contributed by atoms with Gasteiger partial charge >= 0.3 is 0 Å². The van der Waals surface area contributed by atoms with Gasteiger partial charge in [0.25, 0.3) is 0 Å². The second-order valence-electron chi connectivity index (χ2n) is 2.43. The number of oxime groups is 1. The quantitative estimate of drug-likeness (QED) is 0.465. The fraction of sp³-hybridized carbons (Fsp3) is 0.833. The van der Waals surface area contributed by atoms with E-state index in [1.54, 1.807) is 0 Å². The molecule has 0 aromatic rings. The van der Waals surface area contributed by atoms with Gasteiger partial charge in [-0.05, 0) is 19.3 Å². The molecule has 1 aliphatic rings. The smallest absolute Gasteiger partial charge is 0.120 e. The van der Waals surface area contributed by atoms with Crippen LogP contribution in [-0.2, 0) is 4.84 Å². The van der Waals surface area contributed by atoms with E-state index in [9.17, 15) is 0 Å². The maximum atomic E-state index is 4.88. The van der Waals surface area contributed by atoms with Crippen molar-refractivity contribution in [3.05, 3.63) is 0 Å². The normalized spacial score (nSPS) is 28.8. The Balaban J connectivity index is 2.45. The average Bonchev–Trinajstić information content (AvgIpc) is 1.64. The lowest BCUT2D eigenvalue weighted by Gasteiger charge is -2.14. The molecular formula is C6H11NO. The molecule has 1 aliphatic heterocycles. The van der Waals surface area contributed by atoms with Gasteiger partial charge in [-0.25, -0.2) is 0 Å². The van der Waals surface area contributed by atoms with Gasteiger partial charge in [-0.1, -0.05) is 12.1 Å². The summed E-state index contributed by atoms with van der Waals surface area (Å²) in [6, 6.07) is 0. The molecule has 0 aromatic heterocycles. The Labute approximate surface area is 49.5 Å². The molecule has 0 fully saturated rings. The molecular weight excluding hydrogens is 102 g/mol. The Hall–Kier alpha value is -0.530. The summed E-state index contributed by atoms with van der Waals surface area (Å²) in [5, 5.41) is 3.80. The summed E-state index contributed by atoms with van der Waals surface area (Å²) in [6.45, 7) is 4.95. The van der Waals surface area contributed by atoms with Gasteiger partial charge in [0.15, 0.2) is 0 Å². The molecule has 0 spiro atoms. The van der Waals surface area contributed by atoms with Gasteiger partial charge in [0.2, 0.25) is 0 Å². The maximum Gasteiger partial charge on any atom is 0.120 e. The van der Waals surface area contributed by atoms with Crippen molar-refractivity contribution in [2.45, 2.75) is 20.3 Å². The molecule has 0 aromatic carbocycles. The number of rotatable bonds is 0. The van der Waals surface area contributed by atoms with E-state index in [0.717, 1.165) is 18.7 Å². The molecule has 0 radical (unpaired) electrons. The van der Waals surface area contributed by atoms with Crippen molar-refractivity contribution in [1.82, 2.24) is 0 Å². The monoisotopic (exact) mass is 113 g/mol. The largest absolute Gasteiger partial charge is 0.396 e. The van der Waals surface area contributed by atoms with Gasteiger partial charge in [0.1, 0.15) is 6.61 Å². The molecule has 2 heteroatoms. The molecule has 1 atom stereocenters. The van der Waals surface area contributed by atoms with Crippen LogP contribution in [0.2, 0.25) is 0 Å². The zero-order valence-corrected chi connectivity index (χ0v) is 5.35. The summed E-state index contributed by atoms with van der Waals surface area (Å²) >= 11 is 0. The van der Waals surface area contributed by atoms with Gasteiger partial charge < -0.3 is 4.84 Å². The molecule has 2 nitrogen and oxygen atoms in total. The molecule has 1 unspecified atom stereocenters. The van der Waals surface area contributed by atoms with Crippen LogP contribution in [0.4, 0.5) is 0 Å². The molecule has 0 saturated heterocycles. The number of hydrogen-bond acceptors (Lipinski definition) is 2. The minimum Gasteiger partial charge on any atom is -0.396 e. The molecule has 1 heterocycles. The van der Waals surface area contributed by atoms with Crippen LogP contribution in [0.1, 0.15) is 20.3 Å². The Bertz CT molecular complexity index is 109. The SMILES string of the molecule is CC1=NOCC(C)C1. The van der Waals surface area contributed by atoms with E-state index >= 15 is 0 Å². The van der Waals surface area contributed by atoms with E-state index < -0.39 is 0 Å². The van der Waals surface area contributed by atoms with Crippen LogP contribution in [0.25, 0.3) is 0 Å². The van der Waals surface area contributed by atoms with Gasteiger partial charge in [-0.2, -0.15) is 0 Å². The van der Waals surface area contributed by atoms with E-state index in [1.807, 2.05) is 6.92 Å². The van der Waals surface area contributed by atoms with Crippen LogP contribution in [-0.4, -0.2) is 12.3 Å². The van der Waals surface area contributed by atoms with E-state index in [0.29, 0.717) is 5.92 Å². The minimum atomic E-state index is 0.660. The van der Waals surface area contributed by atoms with Gasteiger partial charge in [0.05, 0.1) is 5.71 Å². The molecule has 1 rings (SSSR count). The van der Waals surface area contributed by atoms with Gasteiger partial charge in [-0.3, -0.25) is 0 Å². The lowest BCUT2D eigenvalue weighted by atomic mass is 10.1. The van der Waals surface area contributed by atoms with Crippen molar-refractivity contribution in [2.24, 2.45) is 11.1 Å². The predicted molar refractivity (Wildman–Crippen MR) is 32.8 cm³/mol. The van der Waals surface area contributed by atoms with Crippen LogP contribution in [0.3, 0.4) is 0 Å². The van der Waals surface area contributed by atoms with Crippen molar-refractivity contribution in [3.63, 3.8) is 0 Å². The third kappa shape index (κ3) is 1.22. The third-order valence-corrected chi connectivity index (χ3v) is 1.22. The first kappa shape index (κ1) is 5.60. The topological polar surface area (TPSA) is 21.6 Å². The van der Waals surface area contributed by atoms with Gasteiger partial charge in [-0.15, -0.1) is 0 Å². The number of hydrogen-bond donors (Lipinski definition) is 0. The summed E-state index contributed by atoms with van der Waals surface area (Å²) in [6.07, 6.45) is 1.10. The molecule has 0 saturated carbocycles. The molecule has 8 heavy (non-hydrogen) atoms. The Morgan fingerprint density at radius 1 is 1.75 bits per heavy atom. The summed E-state index contributed by atoms with van der Waals surface area (Å²) in [5.74, 6) is 0.660. The van der Waals surface area contributed by atoms with Crippen LogP contribution >= 0.6 is 0 Å². The standard InChI is InChI=1S/C6H11NO/c1-5-3-6(2)7-8-4-5/h5H,3-4H2,1-2H3. The van der Waals surface area contributed by atoms with Crippen LogP contribution in [0.15, 0.2) is 5.16 Å². The van der Waals surface area contributed by atoms with Crippen molar-refractivity contribution in [3.8, 4) is 0 Å². The van der Waals surface area contributed by atoms with Crippen molar-refractivity contribution < 1.29 is 4.84 Å². The summed E-state index contributed by atoms with van der Waals surface area (Å²) in [5.41, 5.74) is 1.11. The highest BCUT2D eigenvalue weighted by molar-refractivity contribution is 5.81.